The first kappa shape index (κ1) is 13.6. The fraction of sp³-hybridized carbons (Fsp3) is 0.643. The minimum absolute atomic E-state index is 0.400. The molecular formula is C14H21ClN2O. The van der Waals surface area contributed by atoms with E-state index in [1.807, 2.05) is 0 Å². The van der Waals surface area contributed by atoms with Gasteiger partial charge in [0, 0.05) is 11.8 Å². The van der Waals surface area contributed by atoms with Gasteiger partial charge in [0.1, 0.15) is 5.82 Å². The van der Waals surface area contributed by atoms with Crippen molar-refractivity contribution in [3.05, 3.63) is 22.8 Å². The average Bonchev–Trinajstić information content (AvgIpc) is 2.55. The van der Waals surface area contributed by atoms with Crippen LogP contribution in [0.25, 0.3) is 0 Å². The molecule has 0 spiro atoms. The summed E-state index contributed by atoms with van der Waals surface area (Å²) in [4.78, 5) is 4.05. The lowest BCUT2D eigenvalue weighted by Gasteiger charge is -2.28. The number of hydrogen-bond acceptors (Lipinski definition) is 3. The zero-order chi connectivity index (χ0) is 13.2. The first-order valence-electron chi connectivity index (χ1n) is 6.69. The molecule has 18 heavy (non-hydrogen) atoms. The van der Waals surface area contributed by atoms with Crippen LogP contribution in [0.4, 0.5) is 5.82 Å². The second-order valence-electron chi connectivity index (χ2n) is 5.32. The quantitative estimate of drug-likeness (QED) is 0.807. The molecule has 0 aliphatic heterocycles. The van der Waals surface area contributed by atoms with Crippen molar-refractivity contribution in [2.45, 2.75) is 51.0 Å². The molecule has 1 aliphatic carbocycles. The maximum atomic E-state index is 10.9. The molecule has 0 bridgehead atoms. The summed E-state index contributed by atoms with van der Waals surface area (Å²) >= 11 is 5.97. The summed E-state index contributed by atoms with van der Waals surface area (Å²) in [7, 11) is 0. The number of nitrogens with two attached hydrogens (primary N) is 1. The monoisotopic (exact) mass is 268 g/mol. The number of rotatable bonds is 2. The molecule has 1 aromatic heterocycles. The van der Waals surface area contributed by atoms with Gasteiger partial charge in [0.25, 0.3) is 0 Å². The summed E-state index contributed by atoms with van der Waals surface area (Å²) < 4.78 is 0. The van der Waals surface area contributed by atoms with E-state index in [4.69, 9.17) is 17.3 Å². The zero-order valence-corrected chi connectivity index (χ0v) is 11.6. The van der Waals surface area contributed by atoms with Gasteiger partial charge in [0.15, 0.2) is 0 Å². The Bertz CT molecular complexity index is 424. The normalized spacial score (nSPS) is 28.9. The Hall–Kier alpha value is -0.800. The first-order chi connectivity index (χ1) is 8.55. The minimum Gasteiger partial charge on any atom is -0.385 e. The van der Waals surface area contributed by atoms with Crippen molar-refractivity contribution in [2.24, 2.45) is 5.92 Å². The van der Waals surface area contributed by atoms with Crippen molar-refractivity contribution < 1.29 is 5.11 Å². The zero-order valence-electron chi connectivity index (χ0n) is 10.8. The third kappa shape index (κ3) is 2.78. The van der Waals surface area contributed by atoms with E-state index >= 15 is 0 Å². The van der Waals surface area contributed by atoms with Crippen LogP contribution in [0.5, 0.6) is 0 Å². The number of halogens is 1. The topological polar surface area (TPSA) is 59.1 Å². The van der Waals surface area contributed by atoms with Crippen LogP contribution in [-0.4, -0.2) is 10.1 Å². The molecule has 2 rings (SSSR count). The predicted molar refractivity (Wildman–Crippen MR) is 74.4 cm³/mol. The lowest BCUT2D eigenvalue weighted by molar-refractivity contribution is 0.0201. The molecule has 2 unspecified atom stereocenters. The van der Waals surface area contributed by atoms with E-state index in [0.717, 1.165) is 25.7 Å². The molecular weight excluding hydrogens is 248 g/mol. The Labute approximate surface area is 113 Å². The average molecular weight is 269 g/mol. The number of aliphatic hydroxyl groups is 1. The van der Waals surface area contributed by atoms with Crippen LogP contribution in [0.1, 0.15) is 51.0 Å². The standard InChI is InChI=1S/C14H21ClN2O/c1-2-10-4-3-6-14(18,7-5-10)12-8-11(15)9-17-13(12)16/h8-10,18H,2-7H2,1H3,(H2,16,17). The second-order valence-corrected chi connectivity index (χ2v) is 5.76. The van der Waals surface area contributed by atoms with Crippen molar-refractivity contribution in [3.63, 3.8) is 0 Å². The van der Waals surface area contributed by atoms with Gasteiger partial charge >= 0.3 is 0 Å². The molecule has 0 radical (unpaired) electrons. The second kappa shape index (κ2) is 5.45. The molecule has 0 aromatic carbocycles. The summed E-state index contributed by atoms with van der Waals surface area (Å²) in [5.74, 6) is 1.12. The highest BCUT2D eigenvalue weighted by atomic mass is 35.5. The molecule has 2 atom stereocenters. The van der Waals surface area contributed by atoms with E-state index in [2.05, 4.69) is 11.9 Å². The summed E-state index contributed by atoms with van der Waals surface area (Å²) in [6.45, 7) is 2.21. The Morgan fingerprint density at radius 1 is 1.50 bits per heavy atom. The van der Waals surface area contributed by atoms with Crippen molar-refractivity contribution >= 4 is 17.4 Å². The Balaban J connectivity index is 2.27. The van der Waals surface area contributed by atoms with Gasteiger partial charge < -0.3 is 10.8 Å². The van der Waals surface area contributed by atoms with Gasteiger partial charge in [-0.2, -0.15) is 0 Å². The molecule has 3 nitrogen and oxygen atoms in total. The van der Waals surface area contributed by atoms with Gasteiger partial charge in [-0.25, -0.2) is 4.98 Å². The number of hydrogen-bond donors (Lipinski definition) is 2. The third-order valence-corrected chi connectivity index (χ3v) is 4.34. The van der Waals surface area contributed by atoms with E-state index < -0.39 is 5.60 Å². The van der Waals surface area contributed by atoms with Crippen LogP contribution in [0.2, 0.25) is 5.02 Å². The molecule has 1 heterocycles. The van der Waals surface area contributed by atoms with Gasteiger partial charge in [0.05, 0.1) is 10.6 Å². The van der Waals surface area contributed by atoms with E-state index in [1.54, 1.807) is 6.07 Å². The number of anilines is 1. The van der Waals surface area contributed by atoms with E-state index in [9.17, 15) is 5.11 Å². The summed E-state index contributed by atoms with van der Waals surface area (Å²) in [6, 6.07) is 1.76. The molecule has 1 fully saturated rings. The van der Waals surface area contributed by atoms with Crippen LogP contribution in [-0.2, 0) is 5.60 Å². The first-order valence-corrected chi connectivity index (χ1v) is 7.07. The summed E-state index contributed by atoms with van der Waals surface area (Å²) in [6.07, 6.45) is 7.45. The van der Waals surface area contributed by atoms with Gasteiger partial charge in [-0.15, -0.1) is 0 Å². The van der Waals surface area contributed by atoms with Crippen molar-refractivity contribution in [3.8, 4) is 0 Å². The van der Waals surface area contributed by atoms with Crippen LogP contribution in [0.15, 0.2) is 12.3 Å². The molecule has 3 N–H and O–H groups in total. The number of aromatic nitrogens is 1. The molecule has 100 valence electrons. The molecule has 0 amide bonds. The SMILES string of the molecule is CCC1CCCC(O)(c2cc(Cl)cnc2N)CC1. The summed E-state index contributed by atoms with van der Waals surface area (Å²) in [5.41, 5.74) is 5.74. The van der Waals surface area contributed by atoms with E-state index in [1.165, 1.54) is 19.0 Å². The number of nitrogen functional groups attached to an aromatic ring is 1. The van der Waals surface area contributed by atoms with Gasteiger partial charge in [-0.05, 0) is 37.7 Å². The third-order valence-electron chi connectivity index (χ3n) is 4.13. The minimum atomic E-state index is -0.855. The number of pyridine rings is 1. The summed E-state index contributed by atoms with van der Waals surface area (Å²) in [5, 5.41) is 11.4. The fourth-order valence-corrected chi connectivity index (χ4v) is 3.05. The van der Waals surface area contributed by atoms with Gasteiger partial charge in [0.2, 0.25) is 0 Å². The maximum absolute atomic E-state index is 10.9. The molecule has 1 saturated carbocycles. The highest BCUT2D eigenvalue weighted by Gasteiger charge is 2.34. The van der Waals surface area contributed by atoms with Crippen molar-refractivity contribution in [2.75, 3.05) is 5.73 Å². The molecule has 1 aliphatic rings. The maximum Gasteiger partial charge on any atom is 0.129 e. The van der Waals surface area contributed by atoms with Crippen molar-refractivity contribution in [1.29, 1.82) is 0 Å². The fourth-order valence-electron chi connectivity index (χ4n) is 2.90. The molecule has 1 aromatic rings. The Kier molecular flexibility index (Phi) is 4.13. The lowest BCUT2D eigenvalue weighted by Crippen LogP contribution is -2.26. The predicted octanol–water partition coefficient (Wildman–Crippen LogP) is 3.50. The van der Waals surface area contributed by atoms with Crippen molar-refractivity contribution in [1.82, 2.24) is 4.98 Å². The number of nitrogens with zero attached hydrogens (tertiary/aromatic N) is 1. The van der Waals surface area contributed by atoms with Gasteiger partial charge in [-0.3, -0.25) is 0 Å². The van der Waals surface area contributed by atoms with Crippen LogP contribution >= 0.6 is 11.6 Å². The molecule has 0 saturated heterocycles. The lowest BCUT2D eigenvalue weighted by atomic mass is 9.86. The van der Waals surface area contributed by atoms with Crippen LogP contribution in [0.3, 0.4) is 0 Å². The Morgan fingerprint density at radius 2 is 2.28 bits per heavy atom. The highest BCUT2D eigenvalue weighted by molar-refractivity contribution is 6.30. The van der Waals surface area contributed by atoms with E-state index in [0.29, 0.717) is 22.3 Å². The smallest absolute Gasteiger partial charge is 0.129 e. The van der Waals surface area contributed by atoms with E-state index in [-0.39, 0.29) is 0 Å². The largest absolute Gasteiger partial charge is 0.385 e. The van der Waals surface area contributed by atoms with Crippen LogP contribution in [0, 0.1) is 5.92 Å². The highest BCUT2D eigenvalue weighted by Crippen LogP contribution is 2.40. The van der Waals surface area contributed by atoms with Crippen LogP contribution < -0.4 is 5.73 Å². The van der Waals surface area contributed by atoms with Gasteiger partial charge in [-0.1, -0.05) is 31.4 Å². The molecule has 4 heteroatoms. The Morgan fingerprint density at radius 3 is 3.00 bits per heavy atom.